The summed E-state index contributed by atoms with van der Waals surface area (Å²) in [5.41, 5.74) is 0.849. The first kappa shape index (κ1) is 16.8. The second kappa shape index (κ2) is 9.65. The lowest BCUT2D eigenvalue weighted by Crippen LogP contribution is -2.01. The van der Waals surface area contributed by atoms with Crippen molar-refractivity contribution in [1.82, 2.24) is 0 Å². The Morgan fingerprint density at radius 3 is 2.35 bits per heavy atom. The molecular weight excluding hydrogens is 252 g/mol. The number of hydrogen-bond donors (Lipinski definition) is 1. The summed E-state index contributed by atoms with van der Waals surface area (Å²) < 4.78 is 10.5. The van der Waals surface area contributed by atoms with E-state index >= 15 is 0 Å². The molecule has 1 unspecified atom stereocenters. The van der Waals surface area contributed by atoms with Crippen LogP contribution in [0.25, 0.3) is 0 Å². The van der Waals surface area contributed by atoms with Crippen molar-refractivity contribution in [3.05, 3.63) is 23.8 Å². The Labute approximate surface area is 122 Å². The van der Waals surface area contributed by atoms with Gasteiger partial charge in [-0.25, -0.2) is 0 Å². The van der Waals surface area contributed by atoms with E-state index in [1.54, 1.807) is 14.2 Å². The Balaban J connectivity index is 2.44. The molecule has 20 heavy (non-hydrogen) atoms. The monoisotopic (exact) mass is 280 g/mol. The second-order valence-electron chi connectivity index (χ2n) is 5.18. The Morgan fingerprint density at radius 1 is 1.00 bits per heavy atom. The number of benzene rings is 1. The van der Waals surface area contributed by atoms with Gasteiger partial charge in [0.2, 0.25) is 0 Å². The maximum atomic E-state index is 10.3. The molecule has 0 aromatic heterocycles. The fraction of sp³-hybridized carbons (Fsp3) is 0.647. The minimum atomic E-state index is -0.456. The summed E-state index contributed by atoms with van der Waals surface area (Å²) >= 11 is 0. The summed E-state index contributed by atoms with van der Waals surface area (Å²) in [6, 6.07) is 5.57. The minimum absolute atomic E-state index is 0.456. The van der Waals surface area contributed by atoms with Crippen molar-refractivity contribution in [3.63, 3.8) is 0 Å². The standard InChI is InChI=1S/C17H28O3/c1-4-5-6-7-8-9-10-16(18)15-12-11-14(19-2)13-17(15)20-3/h11-13,16,18H,4-10H2,1-3H3. The smallest absolute Gasteiger partial charge is 0.128 e. The molecule has 0 saturated heterocycles. The van der Waals surface area contributed by atoms with Crippen molar-refractivity contribution < 1.29 is 14.6 Å². The number of rotatable bonds is 10. The molecule has 1 aromatic carbocycles. The van der Waals surface area contributed by atoms with Gasteiger partial charge in [0, 0.05) is 11.6 Å². The third-order valence-electron chi connectivity index (χ3n) is 3.63. The van der Waals surface area contributed by atoms with Crippen LogP contribution < -0.4 is 9.47 Å². The van der Waals surface area contributed by atoms with Crippen LogP contribution in [-0.2, 0) is 0 Å². The zero-order valence-electron chi connectivity index (χ0n) is 13.0. The molecule has 1 aromatic rings. The Morgan fingerprint density at radius 2 is 1.70 bits per heavy atom. The Kier molecular flexibility index (Phi) is 8.12. The van der Waals surface area contributed by atoms with Crippen LogP contribution in [-0.4, -0.2) is 19.3 Å². The molecule has 0 amide bonds. The predicted octanol–water partition coefficient (Wildman–Crippen LogP) is 4.49. The minimum Gasteiger partial charge on any atom is -0.497 e. The highest BCUT2D eigenvalue weighted by Gasteiger charge is 2.13. The van der Waals surface area contributed by atoms with Gasteiger partial charge in [-0.05, 0) is 18.6 Å². The van der Waals surface area contributed by atoms with E-state index < -0.39 is 6.10 Å². The van der Waals surface area contributed by atoms with Crippen LogP contribution in [0.5, 0.6) is 11.5 Å². The third-order valence-corrected chi connectivity index (χ3v) is 3.63. The van der Waals surface area contributed by atoms with E-state index in [4.69, 9.17) is 9.47 Å². The van der Waals surface area contributed by atoms with Gasteiger partial charge in [-0.2, -0.15) is 0 Å². The third kappa shape index (κ3) is 5.41. The van der Waals surface area contributed by atoms with Gasteiger partial charge in [0.1, 0.15) is 11.5 Å². The molecular formula is C17H28O3. The van der Waals surface area contributed by atoms with Crippen molar-refractivity contribution in [1.29, 1.82) is 0 Å². The van der Waals surface area contributed by atoms with Crippen LogP contribution in [0.2, 0.25) is 0 Å². The van der Waals surface area contributed by atoms with Crippen molar-refractivity contribution >= 4 is 0 Å². The topological polar surface area (TPSA) is 38.7 Å². The first-order chi connectivity index (χ1) is 9.72. The normalized spacial score (nSPS) is 12.2. The molecule has 0 radical (unpaired) electrons. The van der Waals surface area contributed by atoms with E-state index in [0.717, 1.165) is 24.2 Å². The van der Waals surface area contributed by atoms with Gasteiger partial charge in [-0.15, -0.1) is 0 Å². The number of ether oxygens (including phenoxy) is 2. The molecule has 0 aliphatic heterocycles. The maximum absolute atomic E-state index is 10.3. The average Bonchev–Trinajstić information content (AvgIpc) is 2.49. The lowest BCUT2D eigenvalue weighted by molar-refractivity contribution is 0.159. The van der Waals surface area contributed by atoms with E-state index in [9.17, 15) is 5.11 Å². The summed E-state index contributed by atoms with van der Waals surface area (Å²) in [5, 5.41) is 10.3. The van der Waals surface area contributed by atoms with Crippen LogP contribution in [0.15, 0.2) is 18.2 Å². The Hall–Kier alpha value is -1.22. The highest BCUT2D eigenvalue weighted by Crippen LogP contribution is 2.31. The first-order valence-electron chi connectivity index (χ1n) is 7.63. The van der Waals surface area contributed by atoms with Gasteiger partial charge in [0.05, 0.1) is 20.3 Å². The van der Waals surface area contributed by atoms with Gasteiger partial charge < -0.3 is 14.6 Å². The number of aliphatic hydroxyl groups is 1. The van der Waals surface area contributed by atoms with E-state index in [1.807, 2.05) is 18.2 Å². The molecule has 1 rings (SSSR count). The Bertz CT molecular complexity index is 376. The fourth-order valence-corrected chi connectivity index (χ4v) is 2.37. The van der Waals surface area contributed by atoms with Crippen molar-refractivity contribution in [2.75, 3.05) is 14.2 Å². The summed E-state index contributed by atoms with van der Waals surface area (Å²) in [6.07, 6.45) is 7.73. The molecule has 114 valence electrons. The van der Waals surface area contributed by atoms with E-state index in [-0.39, 0.29) is 0 Å². The van der Waals surface area contributed by atoms with Gasteiger partial charge in [0.25, 0.3) is 0 Å². The molecule has 1 N–H and O–H groups in total. The molecule has 3 heteroatoms. The number of unbranched alkanes of at least 4 members (excludes halogenated alkanes) is 5. The molecule has 3 nitrogen and oxygen atoms in total. The average molecular weight is 280 g/mol. The van der Waals surface area contributed by atoms with Crippen LogP contribution in [0.4, 0.5) is 0 Å². The van der Waals surface area contributed by atoms with Crippen molar-refractivity contribution in [2.24, 2.45) is 0 Å². The van der Waals surface area contributed by atoms with E-state index in [0.29, 0.717) is 5.75 Å². The highest BCUT2D eigenvalue weighted by molar-refractivity contribution is 5.41. The second-order valence-corrected chi connectivity index (χ2v) is 5.18. The van der Waals surface area contributed by atoms with Crippen LogP contribution in [0.1, 0.15) is 63.5 Å². The van der Waals surface area contributed by atoms with Gasteiger partial charge >= 0.3 is 0 Å². The van der Waals surface area contributed by atoms with Crippen LogP contribution in [0.3, 0.4) is 0 Å². The summed E-state index contributed by atoms with van der Waals surface area (Å²) in [4.78, 5) is 0. The molecule has 0 saturated carbocycles. The van der Waals surface area contributed by atoms with Crippen LogP contribution in [0, 0.1) is 0 Å². The lowest BCUT2D eigenvalue weighted by atomic mass is 10.0. The summed E-state index contributed by atoms with van der Waals surface area (Å²) in [5.74, 6) is 1.44. The number of methoxy groups -OCH3 is 2. The van der Waals surface area contributed by atoms with Gasteiger partial charge in [-0.3, -0.25) is 0 Å². The molecule has 0 heterocycles. The van der Waals surface area contributed by atoms with E-state index in [1.165, 1.54) is 32.1 Å². The zero-order chi connectivity index (χ0) is 14.8. The molecule has 0 spiro atoms. The van der Waals surface area contributed by atoms with Gasteiger partial charge in [0.15, 0.2) is 0 Å². The molecule has 0 aliphatic carbocycles. The lowest BCUT2D eigenvalue weighted by Gasteiger charge is -2.15. The molecule has 0 aliphatic rings. The first-order valence-corrected chi connectivity index (χ1v) is 7.63. The quantitative estimate of drug-likeness (QED) is 0.642. The highest BCUT2D eigenvalue weighted by atomic mass is 16.5. The van der Waals surface area contributed by atoms with Crippen molar-refractivity contribution in [2.45, 2.75) is 58.0 Å². The van der Waals surface area contributed by atoms with E-state index in [2.05, 4.69) is 6.92 Å². The largest absolute Gasteiger partial charge is 0.497 e. The molecule has 0 bridgehead atoms. The SMILES string of the molecule is CCCCCCCCC(O)c1ccc(OC)cc1OC. The number of aliphatic hydroxyl groups excluding tert-OH is 1. The molecule has 0 fully saturated rings. The zero-order valence-corrected chi connectivity index (χ0v) is 13.0. The summed E-state index contributed by atoms with van der Waals surface area (Å²) in [7, 11) is 3.25. The van der Waals surface area contributed by atoms with Gasteiger partial charge in [-0.1, -0.05) is 45.4 Å². The molecule has 1 atom stereocenters. The van der Waals surface area contributed by atoms with Crippen LogP contribution >= 0.6 is 0 Å². The predicted molar refractivity (Wildman–Crippen MR) is 82.5 cm³/mol. The number of hydrogen-bond acceptors (Lipinski definition) is 3. The maximum Gasteiger partial charge on any atom is 0.128 e. The summed E-state index contributed by atoms with van der Waals surface area (Å²) in [6.45, 7) is 2.22. The fourth-order valence-electron chi connectivity index (χ4n) is 2.37. The van der Waals surface area contributed by atoms with Crippen molar-refractivity contribution in [3.8, 4) is 11.5 Å².